The van der Waals surface area contributed by atoms with E-state index in [4.69, 9.17) is 4.74 Å². The first-order chi connectivity index (χ1) is 13.8. The van der Waals surface area contributed by atoms with E-state index in [9.17, 15) is 18.0 Å². The number of carbonyl (C=O) groups is 1. The van der Waals surface area contributed by atoms with Crippen LogP contribution in [-0.4, -0.2) is 49.0 Å². The number of nitrogens with zero attached hydrogens (tertiary/aromatic N) is 2. The number of hydrogen-bond acceptors (Lipinski definition) is 3. The van der Waals surface area contributed by atoms with E-state index in [1.165, 1.54) is 17.7 Å². The third-order valence-electron chi connectivity index (χ3n) is 5.14. The smallest absolute Gasteiger partial charge is 0.416 e. The summed E-state index contributed by atoms with van der Waals surface area (Å²) >= 11 is 0. The lowest BCUT2D eigenvalue weighted by Crippen LogP contribution is -2.36. The maximum absolute atomic E-state index is 12.7. The van der Waals surface area contributed by atoms with E-state index in [1.807, 2.05) is 29.2 Å². The molecular weight excluding hydrogens is 381 g/mol. The van der Waals surface area contributed by atoms with Crippen LogP contribution in [0.5, 0.6) is 5.75 Å². The van der Waals surface area contributed by atoms with Gasteiger partial charge in [0.15, 0.2) is 0 Å². The first kappa shape index (κ1) is 21.2. The predicted octanol–water partition coefficient (Wildman–Crippen LogP) is 3.99. The summed E-state index contributed by atoms with van der Waals surface area (Å²) in [4.78, 5) is 16.7. The van der Waals surface area contributed by atoms with Crippen molar-refractivity contribution in [3.8, 4) is 5.75 Å². The van der Waals surface area contributed by atoms with E-state index >= 15 is 0 Å². The Morgan fingerprint density at radius 3 is 2.21 bits per heavy atom. The Morgan fingerprint density at radius 2 is 1.59 bits per heavy atom. The summed E-state index contributed by atoms with van der Waals surface area (Å²) < 4.78 is 43.2. The summed E-state index contributed by atoms with van der Waals surface area (Å²) in [5, 5.41) is 0. The van der Waals surface area contributed by atoms with E-state index < -0.39 is 11.7 Å². The Hall–Kier alpha value is -2.54. The van der Waals surface area contributed by atoms with Gasteiger partial charge in [0, 0.05) is 32.7 Å². The molecule has 7 heteroatoms. The number of halogens is 3. The van der Waals surface area contributed by atoms with Gasteiger partial charge < -0.3 is 9.64 Å². The van der Waals surface area contributed by atoms with Crippen molar-refractivity contribution in [2.45, 2.75) is 25.6 Å². The zero-order chi connectivity index (χ0) is 20.9. The van der Waals surface area contributed by atoms with Crippen LogP contribution in [0, 0.1) is 0 Å². The van der Waals surface area contributed by atoms with Crippen LogP contribution in [0.25, 0.3) is 0 Å². The Balaban J connectivity index is 1.52. The molecule has 0 saturated carbocycles. The lowest BCUT2D eigenvalue weighted by molar-refractivity contribution is -0.137. The molecule has 2 aromatic rings. The molecule has 1 amide bonds. The molecule has 3 rings (SSSR count). The van der Waals surface area contributed by atoms with Crippen LogP contribution in [0.2, 0.25) is 0 Å². The molecule has 0 N–H and O–H groups in total. The van der Waals surface area contributed by atoms with E-state index in [-0.39, 0.29) is 12.3 Å². The molecular formula is C22H25F3N2O2. The molecule has 0 spiro atoms. The monoisotopic (exact) mass is 406 g/mol. The lowest BCUT2D eigenvalue weighted by Gasteiger charge is -2.22. The van der Waals surface area contributed by atoms with Gasteiger partial charge in [-0.3, -0.25) is 9.69 Å². The zero-order valence-corrected chi connectivity index (χ0v) is 16.4. The quantitative estimate of drug-likeness (QED) is 0.753. The number of alkyl halides is 3. The predicted molar refractivity (Wildman–Crippen MR) is 105 cm³/mol. The van der Waals surface area contributed by atoms with Crippen molar-refractivity contribution >= 4 is 5.91 Å². The van der Waals surface area contributed by atoms with Gasteiger partial charge in [-0.1, -0.05) is 24.3 Å². The minimum atomic E-state index is -4.36. The Bertz CT molecular complexity index is 804. The number of hydrogen-bond donors (Lipinski definition) is 0. The molecule has 1 fully saturated rings. The molecule has 2 aromatic carbocycles. The first-order valence-corrected chi connectivity index (χ1v) is 9.64. The molecule has 1 aliphatic heterocycles. The van der Waals surface area contributed by atoms with Gasteiger partial charge >= 0.3 is 6.18 Å². The van der Waals surface area contributed by atoms with Crippen LogP contribution < -0.4 is 4.74 Å². The largest absolute Gasteiger partial charge is 0.497 e. The maximum Gasteiger partial charge on any atom is 0.416 e. The molecule has 0 aliphatic carbocycles. The van der Waals surface area contributed by atoms with Gasteiger partial charge in [-0.15, -0.1) is 0 Å². The third-order valence-corrected chi connectivity index (χ3v) is 5.14. The highest BCUT2D eigenvalue weighted by molar-refractivity contribution is 5.78. The topological polar surface area (TPSA) is 32.8 Å². The van der Waals surface area contributed by atoms with E-state index in [0.717, 1.165) is 43.9 Å². The normalized spacial score (nSPS) is 15.8. The molecule has 0 atom stereocenters. The fourth-order valence-corrected chi connectivity index (χ4v) is 3.47. The molecule has 0 aromatic heterocycles. The van der Waals surface area contributed by atoms with Gasteiger partial charge in [-0.2, -0.15) is 13.2 Å². The summed E-state index contributed by atoms with van der Waals surface area (Å²) in [5.41, 5.74) is 1.09. The van der Waals surface area contributed by atoms with Crippen LogP contribution in [-0.2, 0) is 23.9 Å². The molecule has 0 radical (unpaired) electrons. The highest BCUT2D eigenvalue weighted by Gasteiger charge is 2.30. The van der Waals surface area contributed by atoms with Gasteiger partial charge in [0.2, 0.25) is 5.91 Å². The number of amides is 1. The molecule has 1 saturated heterocycles. The van der Waals surface area contributed by atoms with Crippen molar-refractivity contribution in [1.82, 2.24) is 9.80 Å². The lowest BCUT2D eigenvalue weighted by atomic mass is 10.1. The molecule has 29 heavy (non-hydrogen) atoms. The Morgan fingerprint density at radius 1 is 0.931 bits per heavy atom. The Kier molecular flexibility index (Phi) is 6.79. The van der Waals surface area contributed by atoms with Crippen molar-refractivity contribution in [3.05, 3.63) is 65.2 Å². The minimum Gasteiger partial charge on any atom is -0.497 e. The van der Waals surface area contributed by atoms with E-state index in [1.54, 1.807) is 7.11 Å². The summed E-state index contributed by atoms with van der Waals surface area (Å²) in [6.45, 7) is 3.76. The van der Waals surface area contributed by atoms with E-state index in [2.05, 4.69) is 4.90 Å². The standard InChI is InChI=1S/C22H25F3N2O2/c1-29-20-9-5-18(6-10-20)16-26-11-2-12-27(14-13-26)21(28)15-17-3-7-19(8-4-17)22(23,24)25/h3-10H,2,11-16H2,1H3. The summed E-state index contributed by atoms with van der Waals surface area (Å²) in [6, 6.07) is 12.8. The molecule has 4 nitrogen and oxygen atoms in total. The second-order valence-corrected chi connectivity index (χ2v) is 7.23. The second-order valence-electron chi connectivity index (χ2n) is 7.23. The molecule has 1 heterocycles. The van der Waals surface area contributed by atoms with Crippen molar-refractivity contribution < 1.29 is 22.7 Å². The van der Waals surface area contributed by atoms with Crippen molar-refractivity contribution in [2.24, 2.45) is 0 Å². The van der Waals surface area contributed by atoms with Crippen LogP contribution in [0.1, 0.15) is 23.1 Å². The average Bonchev–Trinajstić information content (AvgIpc) is 2.94. The first-order valence-electron chi connectivity index (χ1n) is 9.64. The maximum atomic E-state index is 12.7. The van der Waals surface area contributed by atoms with E-state index in [0.29, 0.717) is 18.7 Å². The van der Waals surface area contributed by atoms with Gasteiger partial charge in [0.1, 0.15) is 5.75 Å². The number of carbonyl (C=O) groups excluding carboxylic acids is 1. The molecule has 0 unspecified atom stereocenters. The molecule has 156 valence electrons. The van der Waals surface area contributed by atoms with Crippen molar-refractivity contribution in [1.29, 1.82) is 0 Å². The second kappa shape index (κ2) is 9.31. The zero-order valence-electron chi connectivity index (χ0n) is 16.4. The fourth-order valence-electron chi connectivity index (χ4n) is 3.47. The van der Waals surface area contributed by atoms with Crippen LogP contribution >= 0.6 is 0 Å². The van der Waals surface area contributed by atoms with Crippen molar-refractivity contribution in [2.75, 3.05) is 33.3 Å². The van der Waals surface area contributed by atoms with Gasteiger partial charge in [0.05, 0.1) is 19.1 Å². The Labute approximate surface area is 168 Å². The number of ether oxygens (including phenoxy) is 1. The number of benzene rings is 2. The summed E-state index contributed by atoms with van der Waals surface area (Å²) in [5.74, 6) is 0.778. The molecule has 1 aliphatic rings. The fraction of sp³-hybridized carbons (Fsp3) is 0.409. The molecule has 0 bridgehead atoms. The van der Waals surface area contributed by atoms with Crippen molar-refractivity contribution in [3.63, 3.8) is 0 Å². The summed E-state index contributed by atoms with van der Waals surface area (Å²) in [6.07, 6.45) is -3.37. The summed E-state index contributed by atoms with van der Waals surface area (Å²) in [7, 11) is 1.64. The highest BCUT2D eigenvalue weighted by Crippen LogP contribution is 2.29. The van der Waals surface area contributed by atoms with Gasteiger partial charge in [0.25, 0.3) is 0 Å². The highest BCUT2D eigenvalue weighted by atomic mass is 19.4. The van der Waals surface area contributed by atoms with Crippen LogP contribution in [0.4, 0.5) is 13.2 Å². The number of methoxy groups -OCH3 is 1. The SMILES string of the molecule is COc1ccc(CN2CCCN(C(=O)Cc3ccc(C(F)(F)F)cc3)CC2)cc1. The third kappa shape index (κ3) is 5.97. The average molecular weight is 406 g/mol. The van der Waals surface area contributed by atoms with Gasteiger partial charge in [-0.05, 0) is 41.8 Å². The number of rotatable bonds is 5. The minimum absolute atomic E-state index is 0.0453. The van der Waals surface area contributed by atoms with Crippen LogP contribution in [0.3, 0.4) is 0 Å². The van der Waals surface area contributed by atoms with Crippen LogP contribution in [0.15, 0.2) is 48.5 Å². The van der Waals surface area contributed by atoms with Gasteiger partial charge in [-0.25, -0.2) is 0 Å².